The summed E-state index contributed by atoms with van der Waals surface area (Å²) in [5, 5.41) is 22.3. The van der Waals surface area contributed by atoms with Crippen LogP contribution >= 0.6 is 34.4 Å². The molecule has 0 radical (unpaired) electrons. The van der Waals surface area contributed by atoms with Crippen molar-refractivity contribution < 1.29 is 0 Å². The Morgan fingerprint density at radius 1 is 1.24 bits per heavy atom. The molecular formula is C16H9N5OS3. The Hall–Kier alpha value is -2.54. The molecular weight excluding hydrogens is 374 g/mol. The molecule has 0 aliphatic rings. The Labute approximate surface area is 154 Å². The van der Waals surface area contributed by atoms with Crippen LogP contribution in [0, 0.1) is 11.3 Å². The number of fused-ring (bicyclic) bond motifs is 1. The maximum absolute atomic E-state index is 12.9. The molecule has 0 amide bonds. The normalized spacial score (nSPS) is 10.9. The lowest BCUT2D eigenvalue weighted by Gasteiger charge is -2.06. The molecule has 0 unspecified atom stereocenters. The molecule has 0 saturated carbocycles. The predicted octanol–water partition coefficient (Wildman–Crippen LogP) is 3.54. The minimum atomic E-state index is -0.0845. The number of thiophene rings is 2. The molecule has 0 fully saturated rings. The summed E-state index contributed by atoms with van der Waals surface area (Å²) in [6.45, 7) is 0. The highest BCUT2D eigenvalue weighted by Crippen LogP contribution is 2.35. The first-order chi connectivity index (χ1) is 12.2. The van der Waals surface area contributed by atoms with Gasteiger partial charge in [-0.15, -0.1) is 32.9 Å². The molecule has 4 aromatic rings. The minimum absolute atomic E-state index is 0.0845. The SMILES string of the molecule is Cn1c(Sc2ccc(C#N)nn2)nc2scc(-c3cccs3)c2c1=O. The second kappa shape index (κ2) is 6.40. The molecule has 25 heavy (non-hydrogen) atoms. The molecule has 0 N–H and O–H groups in total. The summed E-state index contributed by atoms with van der Waals surface area (Å²) in [5.41, 5.74) is 1.09. The van der Waals surface area contributed by atoms with Gasteiger partial charge in [-0.3, -0.25) is 9.36 Å². The van der Waals surface area contributed by atoms with Gasteiger partial charge in [-0.1, -0.05) is 6.07 Å². The van der Waals surface area contributed by atoms with Crippen molar-refractivity contribution >= 4 is 44.7 Å². The van der Waals surface area contributed by atoms with Crippen LogP contribution in [0.15, 0.2) is 50.0 Å². The van der Waals surface area contributed by atoms with Gasteiger partial charge in [0.1, 0.15) is 15.9 Å². The van der Waals surface area contributed by atoms with Crippen molar-refractivity contribution in [1.29, 1.82) is 5.26 Å². The topological polar surface area (TPSA) is 84.5 Å². The van der Waals surface area contributed by atoms with Crippen molar-refractivity contribution in [3.8, 4) is 16.5 Å². The fourth-order valence-electron chi connectivity index (χ4n) is 2.29. The molecule has 6 nitrogen and oxygen atoms in total. The van der Waals surface area contributed by atoms with E-state index in [9.17, 15) is 4.79 Å². The van der Waals surface area contributed by atoms with Gasteiger partial charge in [0.2, 0.25) is 0 Å². The van der Waals surface area contributed by atoms with E-state index in [4.69, 9.17) is 5.26 Å². The zero-order chi connectivity index (χ0) is 17.4. The lowest BCUT2D eigenvalue weighted by atomic mass is 10.2. The smallest absolute Gasteiger partial charge is 0.263 e. The molecule has 0 spiro atoms. The number of nitrogens with zero attached hydrogens (tertiary/aromatic N) is 5. The van der Waals surface area contributed by atoms with Crippen molar-refractivity contribution in [3.05, 3.63) is 51.1 Å². The molecule has 0 aliphatic heterocycles. The van der Waals surface area contributed by atoms with Crippen LogP contribution in [-0.2, 0) is 7.05 Å². The third kappa shape index (κ3) is 2.84. The van der Waals surface area contributed by atoms with E-state index >= 15 is 0 Å². The molecule has 122 valence electrons. The van der Waals surface area contributed by atoms with Gasteiger partial charge in [0.25, 0.3) is 5.56 Å². The van der Waals surface area contributed by atoms with E-state index in [2.05, 4.69) is 15.2 Å². The van der Waals surface area contributed by atoms with Gasteiger partial charge >= 0.3 is 0 Å². The molecule has 9 heteroatoms. The van der Waals surface area contributed by atoms with Crippen LogP contribution in [0.25, 0.3) is 20.7 Å². The number of hydrogen-bond acceptors (Lipinski definition) is 8. The average Bonchev–Trinajstić information content (AvgIpc) is 3.29. The predicted molar refractivity (Wildman–Crippen MR) is 99.0 cm³/mol. The number of rotatable bonds is 3. The quantitative estimate of drug-likeness (QED) is 0.503. The van der Waals surface area contributed by atoms with Crippen LogP contribution in [0.3, 0.4) is 0 Å². The first-order valence-electron chi connectivity index (χ1n) is 7.11. The van der Waals surface area contributed by atoms with Gasteiger partial charge in [0.05, 0.1) is 5.39 Å². The van der Waals surface area contributed by atoms with Crippen LogP contribution in [-0.4, -0.2) is 19.7 Å². The Morgan fingerprint density at radius 3 is 2.80 bits per heavy atom. The van der Waals surface area contributed by atoms with Gasteiger partial charge in [0.15, 0.2) is 10.9 Å². The van der Waals surface area contributed by atoms with E-state index in [0.29, 0.717) is 20.4 Å². The maximum Gasteiger partial charge on any atom is 0.263 e. The summed E-state index contributed by atoms with van der Waals surface area (Å²) in [5.74, 6) is 0. The Bertz CT molecular complexity index is 1150. The molecule has 4 rings (SSSR count). The van der Waals surface area contributed by atoms with Crippen molar-refractivity contribution in [2.24, 2.45) is 7.05 Å². The van der Waals surface area contributed by atoms with E-state index in [-0.39, 0.29) is 11.3 Å². The van der Waals surface area contributed by atoms with Gasteiger partial charge < -0.3 is 0 Å². The summed E-state index contributed by atoms with van der Waals surface area (Å²) in [6, 6.07) is 9.18. The van der Waals surface area contributed by atoms with Crippen LogP contribution in [0.4, 0.5) is 0 Å². The summed E-state index contributed by atoms with van der Waals surface area (Å²) in [4.78, 5) is 19.2. The van der Waals surface area contributed by atoms with Crippen LogP contribution in [0.1, 0.15) is 5.69 Å². The summed E-state index contributed by atoms with van der Waals surface area (Å²) in [7, 11) is 1.70. The average molecular weight is 383 g/mol. The standard InChI is InChI=1S/C16H9N5OS3/c1-21-15(22)13-10(11-3-2-6-23-11)8-24-14(13)18-16(21)25-12-5-4-9(7-17)19-20-12/h2-6,8H,1H3. The number of aromatic nitrogens is 4. The van der Waals surface area contributed by atoms with E-state index < -0.39 is 0 Å². The lowest BCUT2D eigenvalue weighted by molar-refractivity contribution is 0.726. The molecule has 0 aromatic carbocycles. The van der Waals surface area contributed by atoms with Crippen molar-refractivity contribution in [2.45, 2.75) is 10.2 Å². The van der Waals surface area contributed by atoms with E-state index in [1.807, 2.05) is 29.0 Å². The molecule has 4 heterocycles. The van der Waals surface area contributed by atoms with Gasteiger partial charge in [0, 0.05) is 22.9 Å². The maximum atomic E-state index is 12.9. The third-order valence-corrected chi connectivity index (χ3v) is 6.26. The van der Waals surface area contributed by atoms with Crippen molar-refractivity contribution in [2.75, 3.05) is 0 Å². The first kappa shape index (κ1) is 16.0. The van der Waals surface area contributed by atoms with Crippen molar-refractivity contribution in [1.82, 2.24) is 19.7 Å². The number of hydrogen-bond donors (Lipinski definition) is 0. The third-order valence-electron chi connectivity index (χ3n) is 3.51. The highest BCUT2D eigenvalue weighted by Gasteiger charge is 2.17. The number of nitriles is 1. The summed E-state index contributed by atoms with van der Waals surface area (Å²) in [6.07, 6.45) is 0. The molecule has 0 bridgehead atoms. The minimum Gasteiger partial charge on any atom is -0.290 e. The Kier molecular flexibility index (Phi) is 4.09. The molecule has 4 aromatic heterocycles. The lowest BCUT2D eigenvalue weighted by Crippen LogP contribution is -2.19. The fraction of sp³-hybridized carbons (Fsp3) is 0.0625. The van der Waals surface area contributed by atoms with Crippen LogP contribution in [0.5, 0.6) is 0 Å². The fourth-order valence-corrected chi connectivity index (χ4v) is 4.86. The van der Waals surface area contributed by atoms with Crippen LogP contribution < -0.4 is 5.56 Å². The molecule has 0 aliphatic carbocycles. The zero-order valence-electron chi connectivity index (χ0n) is 12.8. The van der Waals surface area contributed by atoms with Crippen molar-refractivity contribution in [3.63, 3.8) is 0 Å². The van der Waals surface area contributed by atoms with Crippen LogP contribution in [0.2, 0.25) is 0 Å². The monoisotopic (exact) mass is 383 g/mol. The Morgan fingerprint density at radius 2 is 2.12 bits per heavy atom. The van der Waals surface area contributed by atoms with E-state index in [1.54, 1.807) is 30.5 Å². The van der Waals surface area contributed by atoms with E-state index in [1.165, 1.54) is 27.7 Å². The molecule has 0 saturated heterocycles. The summed E-state index contributed by atoms with van der Waals surface area (Å²) < 4.78 is 1.52. The highest BCUT2D eigenvalue weighted by molar-refractivity contribution is 7.99. The van der Waals surface area contributed by atoms with Gasteiger partial charge in [-0.2, -0.15) is 5.26 Å². The highest BCUT2D eigenvalue weighted by atomic mass is 32.2. The van der Waals surface area contributed by atoms with Gasteiger partial charge in [-0.05, 0) is 35.3 Å². The molecule has 0 atom stereocenters. The van der Waals surface area contributed by atoms with Gasteiger partial charge in [-0.25, -0.2) is 4.98 Å². The van der Waals surface area contributed by atoms with E-state index in [0.717, 1.165) is 10.4 Å². The summed E-state index contributed by atoms with van der Waals surface area (Å²) >= 11 is 4.30. The second-order valence-electron chi connectivity index (χ2n) is 5.04. The largest absolute Gasteiger partial charge is 0.290 e. The second-order valence-corrected chi connectivity index (χ2v) is 7.83. The zero-order valence-corrected chi connectivity index (χ0v) is 15.3. The first-order valence-corrected chi connectivity index (χ1v) is 9.68. The Balaban J connectivity index is 1.80.